The van der Waals surface area contributed by atoms with Crippen LogP contribution in [0.4, 0.5) is 4.39 Å². The van der Waals surface area contributed by atoms with E-state index in [1.54, 1.807) is 18.2 Å². The van der Waals surface area contributed by atoms with Crippen LogP contribution < -0.4 is 19.5 Å². The molecule has 1 amide bonds. The molecule has 1 aliphatic rings. The Morgan fingerprint density at radius 1 is 1.15 bits per heavy atom. The van der Waals surface area contributed by atoms with Crippen molar-refractivity contribution in [1.29, 1.82) is 0 Å². The molecule has 3 rings (SSSR count). The van der Waals surface area contributed by atoms with E-state index in [0.717, 1.165) is 11.1 Å². The van der Waals surface area contributed by atoms with Gasteiger partial charge in [-0.05, 0) is 47.7 Å². The summed E-state index contributed by atoms with van der Waals surface area (Å²) in [5.41, 5.74) is 2.31. The van der Waals surface area contributed by atoms with E-state index in [9.17, 15) is 9.18 Å². The molecule has 1 atom stereocenters. The molecular weight excluding hydrogens is 337 g/mol. The van der Waals surface area contributed by atoms with E-state index >= 15 is 0 Å². The lowest BCUT2D eigenvalue weighted by molar-refractivity contribution is -0.121. The summed E-state index contributed by atoms with van der Waals surface area (Å²) in [5.74, 6) is 1.15. The van der Waals surface area contributed by atoms with E-state index in [4.69, 9.17) is 14.2 Å². The van der Waals surface area contributed by atoms with Gasteiger partial charge in [-0.25, -0.2) is 4.39 Å². The molecule has 0 saturated carbocycles. The number of ether oxygens (including phenoxy) is 3. The molecule has 0 aliphatic heterocycles. The maximum absolute atomic E-state index is 13.8. The fourth-order valence-electron chi connectivity index (χ4n) is 3.43. The van der Waals surface area contributed by atoms with E-state index in [0.29, 0.717) is 35.7 Å². The number of halogens is 1. The summed E-state index contributed by atoms with van der Waals surface area (Å²) in [7, 11) is 4.60. The van der Waals surface area contributed by atoms with Crippen LogP contribution in [0.2, 0.25) is 0 Å². The number of methoxy groups -OCH3 is 3. The summed E-state index contributed by atoms with van der Waals surface area (Å²) in [5, 5.41) is 3.00. The van der Waals surface area contributed by atoms with Crippen molar-refractivity contribution in [2.45, 2.75) is 25.3 Å². The van der Waals surface area contributed by atoms with Crippen molar-refractivity contribution in [1.82, 2.24) is 5.32 Å². The first-order valence-corrected chi connectivity index (χ1v) is 8.43. The van der Waals surface area contributed by atoms with E-state index in [-0.39, 0.29) is 24.2 Å². The minimum Gasteiger partial charge on any atom is -0.493 e. The monoisotopic (exact) mass is 359 g/mol. The molecule has 1 unspecified atom stereocenters. The topological polar surface area (TPSA) is 56.8 Å². The number of carbonyl (C=O) groups is 1. The molecule has 0 saturated heterocycles. The van der Waals surface area contributed by atoms with Crippen molar-refractivity contribution < 1.29 is 23.4 Å². The van der Waals surface area contributed by atoms with Gasteiger partial charge in [-0.3, -0.25) is 4.79 Å². The lowest BCUT2D eigenvalue weighted by Gasteiger charge is -2.16. The molecule has 1 N–H and O–H groups in total. The van der Waals surface area contributed by atoms with Gasteiger partial charge in [0.1, 0.15) is 5.82 Å². The van der Waals surface area contributed by atoms with Gasteiger partial charge < -0.3 is 19.5 Å². The third-order valence-electron chi connectivity index (χ3n) is 4.64. The fourth-order valence-corrected chi connectivity index (χ4v) is 3.43. The average molecular weight is 359 g/mol. The SMILES string of the molecule is COc1cc(CC(=O)NC2CCc3c(F)cccc32)cc(OC)c1OC. The average Bonchev–Trinajstić information content (AvgIpc) is 3.05. The molecule has 1 aliphatic carbocycles. The van der Waals surface area contributed by atoms with Gasteiger partial charge in [0.2, 0.25) is 11.7 Å². The van der Waals surface area contributed by atoms with Gasteiger partial charge in [-0.2, -0.15) is 0 Å². The van der Waals surface area contributed by atoms with Crippen LogP contribution in [0.15, 0.2) is 30.3 Å². The van der Waals surface area contributed by atoms with Crippen molar-refractivity contribution >= 4 is 5.91 Å². The number of carbonyl (C=O) groups excluding carboxylic acids is 1. The number of rotatable bonds is 6. The maximum Gasteiger partial charge on any atom is 0.224 e. The normalized spacial score (nSPS) is 15.3. The molecule has 2 aromatic rings. The first kappa shape index (κ1) is 18.0. The molecule has 138 valence electrons. The number of amides is 1. The Hall–Kier alpha value is -2.76. The van der Waals surface area contributed by atoms with Crippen molar-refractivity contribution in [2.75, 3.05) is 21.3 Å². The fraction of sp³-hybridized carbons (Fsp3) is 0.350. The van der Waals surface area contributed by atoms with Gasteiger partial charge in [-0.15, -0.1) is 0 Å². The first-order chi connectivity index (χ1) is 12.6. The molecule has 26 heavy (non-hydrogen) atoms. The standard InChI is InChI=1S/C20H22FNO4/c1-24-17-9-12(10-18(25-2)20(17)26-3)11-19(23)22-16-8-7-13-14(16)5-4-6-15(13)21/h4-6,9-10,16H,7-8,11H2,1-3H3,(H,22,23). The second-order valence-corrected chi connectivity index (χ2v) is 6.18. The minimum atomic E-state index is -0.205. The Morgan fingerprint density at radius 3 is 2.46 bits per heavy atom. The van der Waals surface area contributed by atoms with E-state index in [2.05, 4.69) is 5.32 Å². The zero-order chi connectivity index (χ0) is 18.7. The number of benzene rings is 2. The number of nitrogens with one attached hydrogen (secondary N) is 1. The predicted molar refractivity (Wildman–Crippen MR) is 95.4 cm³/mol. The highest BCUT2D eigenvalue weighted by atomic mass is 19.1. The van der Waals surface area contributed by atoms with Crippen LogP contribution in [-0.2, 0) is 17.6 Å². The highest BCUT2D eigenvalue weighted by Gasteiger charge is 2.26. The van der Waals surface area contributed by atoms with Crippen LogP contribution in [0.1, 0.15) is 29.2 Å². The van der Waals surface area contributed by atoms with Crippen LogP contribution in [0.3, 0.4) is 0 Å². The van der Waals surface area contributed by atoms with Crippen molar-refractivity contribution in [3.05, 3.63) is 52.8 Å². The molecule has 0 aromatic heterocycles. The van der Waals surface area contributed by atoms with Gasteiger partial charge in [-0.1, -0.05) is 12.1 Å². The van der Waals surface area contributed by atoms with Crippen LogP contribution in [0, 0.1) is 5.82 Å². The summed E-state index contributed by atoms with van der Waals surface area (Å²) in [6, 6.07) is 8.36. The second-order valence-electron chi connectivity index (χ2n) is 6.18. The summed E-state index contributed by atoms with van der Waals surface area (Å²) in [6.07, 6.45) is 1.51. The molecule has 0 radical (unpaired) electrons. The van der Waals surface area contributed by atoms with Gasteiger partial charge in [0.15, 0.2) is 11.5 Å². The number of fused-ring (bicyclic) bond motifs is 1. The lowest BCUT2D eigenvalue weighted by atomic mass is 10.1. The summed E-state index contributed by atoms with van der Waals surface area (Å²) in [6.45, 7) is 0. The third kappa shape index (κ3) is 3.45. The van der Waals surface area contributed by atoms with Gasteiger partial charge >= 0.3 is 0 Å². The first-order valence-electron chi connectivity index (χ1n) is 8.43. The van der Waals surface area contributed by atoms with Gasteiger partial charge in [0.05, 0.1) is 33.8 Å². The van der Waals surface area contributed by atoms with Crippen molar-refractivity contribution in [3.8, 4) is 17.2 Å². The number of hydrogen-bond acceptors (Lipinski definition) is 4. The molecular formula is C20H22FNO4. The lowest BCUT2D eigenvalue weighted by Crippen LogP contribution is -2.28. The Morgan fingerprint density at radius 2 is 1.85 bits per heavy atom. The zero-order valence-electron chi connectivity index (χ0n) is 15.1. The summed E-state index contributed by atoms with van der Waals surface area (Å²) < 4.78 is 29.8. The van der Waals surface area contributed by atoms with Crippen LogP contribution in [0.25, 0.3) is 0 Å². The van der Waals surface area contributed by atoms with E-state index in [1.807, 2.05) is 6.07 Å². The minimum absolute atomic E-state index is 0.138. The molecule has 0 heterocycles. The van der Waals surface area contributed by atoms with E-state index in [1.165, 1.54) is 27.4 Å². The summed E-state index contributed by atoms with van der Waals surface area (Å²) in [4.78, 5) is 12.5. The smallest absolute Gasteiger partial charge is 0.224 e. The molecule has 5 nitrogen and oxygen atoms in total. The van der Waals surface area contributed by atoms with Crippen LogP contribution in [-0.4, -0.2) is 27.2 Å². The highest BCUT2D eigenvalue weighted by molar-refractivity contribution is 5.79. The summed E-state index contributed by atoms with van der Waals surface area (Å²) >= 11 is 0. The van der Waals surface area contributed by atoms with Gasteiger partial charge in [0.25, 0.3) is 0 Å². The Bertz CT molecular complexity index is 796. The Balaban J connectivity index is 1.75. The van der Waals surface area contributed by atoms with E-state index < -0.39 is 0 Å². The molecule has 0 bridgehead atoms. The maximum atomic E-state index is 13.8. The van der Waals surface area contributed by atoms with Crippen molar-refractivity contribution in [2.24, 2.45) is 0 Å². The van der Waals surface area contributed by atoms with Gasteiger partial charge in [0, 0.05) is 0 Å². The Labute approximate surface area is 152 Å². The van der Waals surface area contributed by atoms with Crippen molar-refractivity contribution in [3.63, 3.8) is 0 Å². The highest BCUT2D eigenvalue weighted by Crippen LogP contribution is 2.38. The molecule has 0 fully saturated rings. The second kappa shape index (κ2) is 7.64. The quantitative estimate of drug-likeness (QED) is 0.861. The number of hydrogen-bond donors (Lipinski definition) is 1. The molecule has 6 heteroatoms. The third-order valence-corrected chi connectivity index (χ3v) is 4.64. The zero-order valence-corrected chi connectivity index (χ0v) is 15.1. The predicted octanol–water partition coefficient (Wildman–Crippen LogP) is 3.20. The largest absolute Gasteiger partial charge is 0.493 e. The molecule has 0 spiro atoms. The van der Waals surface area contributed by atoms with Crippen LogP contribution in [0.5, 0.6) is 17.2 Å². The van der Waals surface area contributed by atoms with Crippen LogP contribution >= 0.6 is 0 Å². The Kier molecular flexibility index (Phi) is 5.30. The molecule has 2 aromatic carbocycles.